The minimum atomic E-state index is -0.435. The molecule has 5 nitrogen and oxygen atoms in total. The lowest BCUT2D eigenvalue weighted by Crippen LogP contribution is -2.41. The Morgan fingerprint density at radius 3 is 2.52 bits per heavy atom. The Hall–Kier alpha value is -2.17. The molecule has 1 saturated heterocycles. The molecule has 1 amide bonds. The average Bonchev–Trinajstić information content (AvgIpc) is 2.43. The summed E-state index contributed by atoms with van der Waals surface area (Å²) < 4.78 is 0. The molecule has 1 fully saturated rings. The number of carbonyl (C=O) groups excluding carboxylic acids is 1. The molecule has 0 aliphatic carbocycles. The highest BCUT2D eigenvalue weighted by atomic mass is 16.6. The van der Waals surface area contributed by atoms with E-state index in [0.29, 0.717) is 17.4 Å². The van der Waals surface area contributed by atoms with Crippen LogP contribution in [0.3, 0.4) is 0 Å². The fraction of sp³-hybridized carbons (Fsp3) is 0.438. The Morgan fingerprint density at radius 2 is 1.90 bits per heavy atom. The maximum absolute atomic E-state index is 12.2. The van der Waals surface area contributed by atoms with Crippen molar-refractivity contribution in [1.29, 1.82) is 0 Å². The van der Waals surface area contributed by atoms with Gasteiger partial charge in [-0.2, -0.15) is 0 Å². The van der Waals surface area contributed by atoms with Crippen molar-refractivity contribution in [2.45, 2.75) is 20.3 Å². The molecule has 0 aromatic heterocycles. The Balaban J connectivity index is 2.10. The number of carbonyl (C=O) groups is 1. The maximum Gasteiger partial charge on any atom is 0.276 e. The van der Waals surface area contributed by atoms with Crippen molar-refractivity contribution < 1.29 is 9.72 Å². The van der Waals surface area contributed by atoms with Crippen LogP contribution in [-0.2, 0) is 4.79 Å². The van der Waals surface area contributed by atoms with Crippen LogP contribution in [0.2, 0.25) is 0 Å². The van der Waals surface area contributed by atoms with E-state index in [2.05, 4.69) is 13.8 Å². The normalized spacial score (nSPS) is 22.5. The van der Waals surface area contributed by atoms with Crippen LogP contribution in [0.1, 0.15) is 25.8 Å². The summed E-state index contributed by atoms with van der Waals surface area (Å²) in [4.78, 5) is 24.5. The first-order valence-corrected chi connectivity index (χ1v) is 7.17. The zero-order chi connectivity index (χ0) is 15.4. The molecule has 2 atom stereocenters. The van der Waals surface area contributed by atoms with Crippen LogP contribution in [0.25, 0.3) is 6.08 Å². The molecule has 0 spiro atoms. The highest BCUT2D eigenvalue weighted by Crippen LogP contribution is 2.22. The van der Waals surface area contributed by atoms with Crippen LogP contribution >= 0.6 is 0 Å². The van der Waals surface area contributed by atoms with Crippen LogP contribution in [-0.4, -0.2) is 28.8 Å². The van der Waals surface area contributed by atoms with Crippen molar-refractivity contribution in [3.63, 3.8) is 0 Å². The number of likely N-dealkylation sites (tertiary alicyclic amines) is 1. The van der Waals surface area contributed by atoms with E-state index in [1.54, 1.807) is 18.2 Å². The molecule has 1 aromatic rings. The van der Waals surface area contributed by atoms with E-state index in [0.717, 1.165) is 19.5 Å². The van der Waals surface area contributed by atoms with Crippen molar-refractivity contribution in [1.82, 2.24) is 4.90 Å². The van der Waals surface area contributed by atoms with Gasteiger partial charge in [0.1, 0.15) is 0 Å². The molecule has 5 heteroatoms. The van der Waals surface area contributed by atoms with Crippen molar-refractivity contribution in [2.24, 2.45) is 11.8 Å². The quantitative estimate of drug-likeness (QED) is 0.487. The van der Waals surface area contributed by atoms with Crippen LogP contribution in [0, 0.1) is 22.0 Å². The summed E-state index contributed by atoms with van der Waals surface area (Å²) in [7, 11) is 0. The molecule has 0 N–H and O–H groups in total. The van der Waals surface area contributed by atoms with E-state index < -0.39 is 4.92 Å². The minimum absolute atomic E-state index is 0.0157. The van der Waals surface area contributed by atoms with E-state index in [1.165, 1.54) is 18.2 Å². The number of hydrogen-bond donors (Lipinski definition) is 0. The molecule has 1 heterocycles. The Bertz CT molecular complexity index is 558. The Labute approximate surface area is 124 Å². The fourth-order valence-electron chi connectivity index (χ4n) is 2.90. The van der Waals surface area contributed by atoms with Gasteiger partial charge in [0.05, 0.1) is 10.5 Å². The molecule has 1 aromatic carbocycles. The van der Waals surface area contributed by atoms with E-state index >= 15 is 0 Å². The predicted molar refractivity (Wildman–Crippen MR) is 81.7 cm³/mol. The molecule has 21 heavy (non-hydrogen) atoms. The Kier molecular flexibility index (Phi) is 4.73. The van der Waals surface area contributed by atoms with Gasteiger partial charge in [0.2, 0.25) is 5.91 Å². The average molecular weight is 288 g/mol. The first-order chi connectivity index (χ1) is 9.97. The third-order valence-corrected chi connectivity index (χ3v) is 3.72. The smallest absolute Gasteiger partial charge is 0.276 e. The first kappa shape index (κ1) is 15.2. The second-order valence-corrected chi connectivity index (χ2v) is 5.84. The lowest BCUT2D eigenvalue weighted by Gasteiger charge is -2.34. The van der Waals surface area contributed by atoms with E-state index in [9.17, 15) is 14.9 Å². The van der Waals surface area contributed by atoms with Crippen molar-refractivity contribution >= 4 is 17.7 Å². The third kappa shape index (κ3) is 3.90. The molecule has 2 unspecified atom stereocenters. The predicted octanol–water partition coefficient (Wildman–Crippen LogP) is 3.11. The van der Waals surface area contributed by atoms with Crippen LogP contribution in [0.5, 0.6) is 0 Å². The number of benzene rings is 1. The largest absolute Gasteiger partial charge is 0.339 e. The Morgan fingerprint density at radius 1 is 1.29 bits per heavy atom. The van der Waals surface area contributed by atoms with Crippen LogP contribution in [0.4, 0.5) is 5.69 Å². The van der Waals surface area contributed by atoms with Gasteiger partial charge in [-0.1, -0.05) is 26.0 Å². The topological polar surface area (TPSA) is 63.5 Å². The number of rotatable bonds is 3. The zero-order valence-corrected chi connectivity index (χ0v) is 12.4. The van der Waals surface area contributed by atoms with E-state index in [4.69, 9.17) is 0 Å². The molecule has 1 aliphatic heterocycles. The van der Waals surface area contributed by atoms with Gasteiger partial charge in [0, 0.05) is 25.2 Å². The van der Waals surface area contributed by atoms with Crippen molar-refractivity contribution in [3.05, 3.63) is 46.0 Å². The molecule has 0 radical (unpaired) electrons. The summed E-state index contributed by atoms with van der Waals surface area (Å²) in [6.07, 6.45) is 4.11. The second-order valence-electron chi connectivity index (χ2n) is 5.84. The van der Waals surface area contributed by atoms with Crippen LogP contribution in [0.15, 0.2) is 30.3 Å². The summed E-state index contributed by atoms with van der Waals surface area (Å²) in [6.45, 7) is 5.79. The highest BCUT2D eigenvalue weighted by molar-refractivity contribution is 5.92. The maximum atomic E-state index is 12.2. The second kappa shape index (κ2) is 6.52. The molecule has 1 aliphatic rings. The third-order valence-electron chi connectivity index (χ3n) is 3.72. The molecule has 0 saturated carbocycles. The first-order valence-electron chi connectivity index (χ1n) is 7.17. The monoisotopic (exact) mass is 288 g/mol. The number of piperidine rings is 1. The number of nitro benzene ring substituents is 1. The molecular formula is C16H20N2O3. The SMILES string of the molecule is CC1CC(C)CN(C(=O)/C=C/c2ccccc2[N+](=O)[O-])C1. The standard InChI is InChI=1S/C16H20N2O3/c1-12-9-13(2)11-17(10-12)16(19)8-7-14-5-3-4-6-15(14)18(20)21/h3-8,12-13H,9-11H2,1-2H3/b8-7+. The van der Waals surface area contributed by atoms with Gasteiger partial charge in [-0.15, -0.1) is 0 Å². The number of amides is 1. The minimum Gasteiger partial charge on any atom is -0.339 e. The number of hydrogen-bond acceptors (Lipinski definition) is 3. The van der Waals surface area contributed by atoms with Crippen LogP contribution < -0.4 is 0 Å². The van der Waals surface area contributed by atoms with Crippen molar-refractivity contribution in [3.8, 4) is 0 Å². The van der Waals surface area contributed by atoms with Gasteiger partial charge < -0.3 is 4.90 Å². The summed E-state index contributed by atoms with van der Waals surface area (Å²) >= 11 is 0. The molecule has 2 rings (SSSR count). The summed E-state index contributed by atoms with van der Waals surface area (Å²) in [5, 5.41) is 10.9. The van der Waals surface area contributed by atoms with Gasteiger partial charge in [-0.25, -0.2) is 0 Å². The van der Waals surface area contributed by atoms with Gasteiger partial charge in [0.25, 0.3) is 5.69 Å². The summed E-state index contributed by atoms with van der Waals surface area (Å²) in [5.41, 5.74) is 0.468. The number of para-hydroxylation sites is 1. The fourth-order valence-corrected chi connectivity index (χ4v) is 2.90. The zero-order valence-electron chi connectivity index (χ0n) is 12.4. The lowest BCUT2D eigenvalue weighted by molar-refractivity contribution is -0.385. The van der Waals surface area contributed by atoms with Gasteiger partial charge >= 0.3 is 0 Å². The lowest BCUT2D eigenvalue weighted by atomic mass is 9.92. The van der Waals surface area contributed by atoms with E-state index in [1.807, 2.05) is 4.90 Å². The number of nitrogens with zero attached hydrogens (tertiary/aromatic N) is 2. The highest BCUT2D eigenvalue weighted by Gasteiger charge is 2.24. The van der Waals surface area contributed by atoms with Gasteiger partial charge in [-0.05, 0) is 30.4 Å². The summed E-state index contributed by atoms with van der Waals surface area (Å²) in [6, 6.07) is 6.42. The molecule has 0 bridgehead atoms. The molecule has 112 valence electrons. The van der Waals surface area contributed by atoms with Gasteiger partial charge in [0.15, 0.2) is 0 Å². The van der Waals surface area contributed by atoms with Gasteiger partial charge in [-0.3, -0.25) is 14.9 Å². The van der Waals surface area contributed by atoms with Crippen molar-refractivity contribution in [2.75, 3.05) is 13.1 Å². The molecular weight excluding hydrogens is 268 g/mol. The number of nitro groups is 1. The van der Waals surface area contributed by atoms with E-state index in [-0.39, 0.29) is 11.6 Å². The summed E-state index contributed by atoms with van der Waals surface area (Å²) in [5.74, 6) is 0.917.